The Labute approximate surface area is 182 Å². The molecule has 0 heterocycles. The van der Waals surface area contributed by atoms with E-state index in [1.165, 1.54) is 20.1 Å². The smallest absolute Gasteiger partial charge is 0.328 e. The first-order valence-corrected chi connectivity index (χ1v) is 10.0. The molecule has 0 spiro atoms. The predicted molar refractivity (Wildman–Crippen MR) is 115 cm³/mol. The fraction of sp³-hybridized carbons (Fsp3) is 0.286. The van der Waals surface area contributed by atoms with E-state index in [0.29, 0.717) is 0 Å². The van der Waals surface area contributed by atoms with Crippen LogP contribution in [0.4, 0.5) is 4.39 Å². The molecule has 0 bridgehead atoms. The maximum absolute atomic E-state index is 14.0. The van der Waals surface area contributed by atoms with Gasteiger partial charge < -0.3 is 15.4 Å². The highest BCUT2D eigenvalue weighted by atomic mass is 127. The number of rotatable bonds is 8. The standard InChI is InChI=1S/C21H22FIN2O4/c1-13(26)24-18(11-14-7-3-5-9-16(14)22)20(27)25-19(21(28)29-2)12-15-8-4-6-10-17(15)23/h3-10,18-19H,11-12H2,1-2H3,(H,24,26)(H,25,27)/t18-,19-/m1/s1. The normalized spacial score (nSPS) is 12.6. The Bertz CT molecular complexity index is 890. The Morgan fingerprint density at radius 2 is 1.55 bits per heavy atom. The molecule has 0 aromatic heterocycles. The predicted octanol–water partition coefficient (Wildman–Crippen LogP) is 2.38. The molecular formula is C21H22FIN2O4. The van der Waals surface area contributed by atoms with E-state index in [9.17, 15) is 18.8 Å². The van der Waals surface area contributed by atoms with Crippen molar-refractivity contribution < 1.29 is 23.5 Å². The summed E-state index contributed by atoms with van der Waals surface area (Å²) in [5.41, 5.74) is 1.16. The molecule has 6 nitrogen and oxygen atoms in total. The van der Waals surface area contributed by atoms with E-state index >= 15 is 0 Å². The summed E-state index contributed by atoms with van der Waals surface area (Å²) in [6.07, 6.45) is 0.179. The van der Waals surface area contributed by atoms with Crippen LogP contribution >= 0.6 is 22.6 Å². The highest BCUT2D eigenvalue weighted by Crippen LogP contribution is 2.15. The van der Waals surface area contributed by atoms with Gasteiger partial charge in [0.2, 0.25) is 11.8 Å². The van der Waals surface area contributed by atoms with Crippen molar-refractivity contribution in [2.24, 2.45) is 0 Å². The largest absolute Gasteiger partial charge is 0.467 e. The summed E-state index contributed by atoms with van der Waals surface area (Å²) in [4.78, 5) is 36.6. The summed E-state index contributed by atoms with van der Waals surface area (Å²) in [5, 5.41) is 5.16. The van der Waals surface area contributed by atoms with Crippen molar-refractivity contribution in [3.8, 4) is 0 Å². The van der Waals surface area contributed by atoms with E-state index in [2.05, 4.69) is 33.2 Å². The van der Waals surface area contributed by atoms with Gasteiger partial charge in [0.15, 0.2) is 0 Å². The van der Waals surface area contributed by atoms with Crippen LogP contribution in [0.25, 0.3) is 0 Å². The second-order valence-corrected chi connectivity index (χ2v) is 7.59. The molecule has 2 atom stereocenters. The van der Waals surface area contributed by atoms with Gasteiger partial charge in [-0.2, -0.15) is 0 Å². The van der Waals surface area contributed by atoms with E-state index < -0.39 is 35.7 Å². The maximum Gasteiger partial charge on any atom is 0.328 e. The molecule has 2 aromatic rings. The highest BCUT2D eigenvalue weighted by molar-refractivity contribution is 14.1. The number of ether oxygens (including phenoxy) is 1. The van der Waals surface area contributed by atoms with Crippen LogP contribution in [0, 0.1) is 9.39 Å². The summed E-state index contributed by atoms with van der Waals surface area (Å²) in [5.74, 6) is -2.11. The average molecular weight is 512 g/mol. The van der Waals surface area contributed by atoms with E-state index in [-0.39, 0.29) is 18.4 Å². The minimum Gasteiger partial charge on any atom is -0.467 e. The van der Waals surface area contributed by atoms with Crippen LogP contribution < -0.4 is 10.6 Å². The molecule has 2 N–H and O–H groups in total. The molecule has 2 aromatic carbocycles. The average Bonchev–Trinajstić information content (AvgIpc) is 2.69. The lowest BCUT2D eigenvalue weighted by Crippen LogP contribution is -2.53. The van der Waals surface area contributed by atoms with Crippen LogP contribution in [0.15, 0.2) is 48.5 Å². The molecule has 0 unspecified atom stereocenters. The second kappa shape index (κ2) is 10.9. The van der Waals surface area contributed by atoms with Crippen LogP contribution in [0.1, 0.15) is 18.1 Å². The van der Waals surface area contributed by atoms with Gasteiger partial charge in [0, 0.05) is 23.3 Å². The number of methoxy groups -OCH3 is 1. The first-order valence-electron chi connectivity index (χ1n) is 8.94. The summed E-state index contributed by atoms with van der Waals surface area (Å²) >= 11 is 2.15. The van der Waals surface area contributed by atoms with Crippen molar-refractivity contribution in [3.63, 3.8) is 0 Å². The van der Waals surface area contributed by atoms with Crippen molar-refractivity contribution >= 4 is 40.4 Å². The SMILES string of the molecule is COC(=O)[C@@H](Cc1ccccc1I)NC(=O)[C@@H](Cc1ccccc1F)NC(C)=O. The third-order valence-corrected chi connectivity index (χ3v) is 5.31. The van der Waals surface area contributed by atoms with Gasteiger partial charge in [-0.25, -0.2) is 9.18 Å². The van der Waals surface area contributed by atoms with Gasteiger partial charge in [0.05, 0.1) is 7.11 Å². The number of hydrogen-bond donors (Lipinski definition) is 2. The quantitative estimate of drug-likeness (QED) is 0.421. The molecule has 2 rings (SSSR count). The number of carbonyl (C=O) groups excluding carboxylic acids is 3. The zero-order valence-corrected chi connectivity index (χ0v) is 18.2. The molecule has 8 heteroatoms. The Hall–Kier alpha value is -2.49. The number of esters is 1. The van der Waals surface area contributed by atoms with Crippen molar-refractivity contribution in [2.75, 3.05) is 7.11 Å². The van der Waals surface area contributed by atoms with E-state index in [1.807, 2.05) is 24.3 Å². The fourth-order valence-corrected chi connectivity index (χ4v) is 3.44. The number of carbonyl (C=O) groups is 3. The van der Waals surface area contributed by atoms with Crippen molar-refractivity contribution in [3.05, 3.63) is 69.0 Å². The minimum atomic E-state index is -1.04. The summed E-state index contributed by atoms with van der Waals surface area (Å²) in [6, 6.07) is 11.5. The molecule has 0 saturated carbocycles. The topological polar surface area (TPSA) is 84.5 Å². The van der Waals surface area contributed by atoms with Gasteiger partial charge in [-0.1, -0.05) is 36.4 Å². The lowest BCUT2D eigenvalue weighted by molar-refractivity contribution is -0.145. The molecule has 29 heavy (non-hydrogen) atoms. The third kappa shape index (κ3) is 6.81. The van der Waals surface area contributed by atoms with Gasteiger partial charge in [-0.3, -0.25) is 9.59 Å². The Kier molecular flexibility index (Phi) is 8.56. The maximum atomic E-state index is 14.0. The molecule has 2 amide bonds. The van der Waals surface area contributed by atoms with Gasteiger partial charge >= 0.3 is 5.97 Å². The molecule has 0 radical (unpaired) electrons. The van der Waals surface area contributed by atoms with Gasteiger partial charge in [-0.05, 0) is 45.9 Å². The lowest BCUT2D eigenvalue weighted by atomic mass is 10.0. The number of nitrogens with one attached hydrogen (secondary N) is 2. The molecule has 0 saturated heterocycles. The highest BCUT2D eigenvalue weighted by Gasteiger charge is 2.28. The first kappa shape index (κ1) is 22.8. The van der Waals surface area contributed by atoms with E-state index in [4.69, 9.17) is 4.74 Å². The van der Waals surface area contributed by atoms with Crippen molar-refractivity contribution in [1.82, 2.24) is 10.6 Å². The lowest BCUT2D eigenvalue weighted by Gasteiger charge is -2.22. The van der Waals surface area contributed by atoms with Crippen molar-refractivity contribution in [2.45, 2.75) is 31.8 Å². The first-order chi connectivity index (χ1) is 13.8. The molecule has 0 fully saturated rings. The molecule has 0 aliphatic carbocycles. The number of hydrogen-bond acceptors (Lipinski definition) is 4. The number of amides is 2. The minimum absolute atomic E-state index is 0.0468. The summed E-state index contributed by atoms with van der Waals surface area (Å²) in [6.45, 7) is 1.27. The van der Waals surface area contributed by atoms with Crippen LogP contribution in [0.2, 0.25) is 0 Å². The van der Waals surface area contributed by atoms with E-state index in [1.54, 1.807) is 18.2 Å². The monoisotopic (exact) mass is 512 g/mol. The van der Waals surface area contributed by atoms with E-state index in [0.717, 1.165) is 9.13 Å². The number of benzene rings is 2. The molecule has 154 valence electrons. The summed E-state index contributed by atoms with van der Waals surface area (Å²) in [7, 11) is 1.24. The Morgan fingerprint density at radius 3 is 2.14 bits per heavy atom. The van der Waals surface area contributed by atoms with Crippen LogP contribution in [-0.2, 0) is 32.0 Å². The van der Waals surface area contributed by atoms with Gasteiger partial charge in [-0.15, -0.1) is 0 Å². The Balaban J connectivity index is 2.20. The molecule has 0 aliphatic rings. The molecule has 0 aliphatic heterocycles. The van der Waals surface area contributed by atoms with Crippen LogP contribution in [0.3, 0.4) is 0 Å². The zero-order valence-electron chi connectivity index (χ0n) is 16.1. The van der Waals surface area contributed by atoms with Crippen LogP contribution in [-0.4, -0.2) is 37.0 Å². The van der Waals surface area contributed by atoms with Crippen molar-refractivity contribution in [1.29, 1.82) is 0 Å². The number of halogens is 2. The Morgan fingerprint density at radius 1 is 0.966 bits per heavy atom. The molecular weight excluding hydrogens is 490 g/mol. The van der Waals surface area contributed by atoms with Gasteiger partial charge in [0.25, 0.3) is 0 Å². The second-order valence-electron chi connectivity index (χ2n) is 6.43. The fourth-order valence-electron chi connectivity index (χ4n) is 2.83. The zero-order chi connectivity index (χ0) is 21.4. The summed E-state index contributed by atoms with van der Waals surface area (Å²) < 4.78 is 19.8. The van der Waals surface area contributed by atoms with Gasteiger partial charge in [0.1, 0.15) is 17.9 Å². The van der Waals surface area contributed by atoms with Crippen LogP contribution in [0.5, 0.6) is 0 Å². The third-order valence-electron chi connectivity index (χ3n) is 4.26.